The zero-order chi connectivity index (χ0) is 8.31. The Balaban J connectivity index is 2.78. The van der Waals surface area contributed by atoms with Gasteiger partial charge in [0.05, 0.1) is 0 Å². The first-order valence-corrected chi connectivity index (χ1v) is 10.0. The molecular formula is H6As2O8. The van der Waals surface area contributed by atoms with Gasteiger partial charge in [0.25, 0.3) is 0 Å². The Labute approximate surface area is 58.7 Å². The van der Waals surface area contributed by atoms with Crippen LogP contribution in [-0.4, -0.2) is 52.9 Å². The molecule has 1 saturated heterocycles. The first kappa shape index (κ1) is 8.89. The Morgan fingerprint density at radius 1 is 0.600 bits per heavy atom. The fourth-order valence-corrected chi connectivity index (χ4v) is 13.7. The molecule has 0 unspecified atom stereocenters. The van der Waals surface area contributed by atoms with E-state index >= 15 is 0 Å². The molecule has 10 heavy (non-hydrogen) atoms. The predicted molar refractivity (Wildman–Crippen MR) is 27.0 cm³/mol. The minimum atomic E-state index is -6.28. The molecular weight excluding hydrogens is 278 g/mol. The Morgan fingerprint density at radius 2 is 0.800 bits per heavy atom. The molecule has 0 aromatic heterocycles. The van der Waals surface area contributed by atoms with Crippen molar-refractivity contribution in [2.45, 2.75) is 0 Å². The molecule has 1 aliphatic heterocycles. The second kappa shape index (κ2) is 1.46. The van der Waals surface area contributed by atoms with E-state index in [1.807, 2.05) is 0 Å². The van der Waals surface area contributed by atoms with Crippen molar-refractivity contribution in [3.63, 3.8) is 0 Å². The Hall–Kier alpha value is 0.797. The van der Waals surface area contributed by atoms with Crippen molar-refractivity contribution in [1.82, 2.24) is 0 Å². The Kier molecular flexibility index (Phi) is 1.30. The fraction of sp³-hybridized carbons (Fsp3) is 0. The van der Waals surface area contributed by atoms with E-state index in [9.17, 15) is 0 Å². The maximum absolute atomic E-state index is 8.29. The molecule has 6 N–H and O–H groups in total. The summed E-state index contributed by atoms with van der Waals surface area (Å²) in [6, 6.07) is 0. The Morgan fingerprint density at radius 3 is 0.800 bits per heavy atom. The maximum atomic E-state index is 8.29. The molecule has 1 fully saturated rings. The molecule has 64 valence electrons. The molecule has 1 heterocycles. The average molecular weight is 284 g/mol. The fourth-order valence-electron chi connectivity index (χ4n) is 0.506. The summed E-state index contributed by atoms with van der Waals surface area (Å²) >= 11 is -12.6. The number of hydrogen-bond acceptors (Lipinski definition) is 8. The molecule has 0 aliphatic carbocycles. The minimum absolute atomic E-state index is 3.36. The van der Waals surface area contributed by atoms with Crippen molar-refractivity contribution in [3.8, 4) is 0 Å². The first-order valence-electron chi connectivity index (χ1n) is 1.93. The zero-order valence-electron chi connectivity index (χ0n) is 4.39. The Bertz CT molecular complexity index is 141. The molecule has 8 nitrogen and oxygen atoms in total. The predicted octanol–water partition coefficient (Wildman–Crippen LogP) is -4.24. The van der Waals surface area contributed by atoms with Gasteiger partial charge in [-0.25, -0.2) is 0 Å². The van der Waals surface area contributed by atoms with Crippen molar-refractivity contribution in [2.75, 3.05) is 0 Å². The van der Waals surface area contributed by atoms with Crippen molar-refractivity contribution in [3.05, 3.63) is 0 Å². The molecule has 1 rings (SSSR count). The summed E-state index contributed by atoms with van der Waals surface area (Å²) in [6.07, 6.45) is 0. The van der Waals surface area contributed by atoms with E-state index < -0.39 is 28.3 Å². The van der Waals surface area contributed by atoms with E-state index in [0.29, 0.717) is 0 Å². The third kappa shape index (κ3) is 1.90. The molecule has 0 aromatic rings. The monoisotopic (exact) mass is 284 g/mol. The quantitative estimate of drug-likeness (QED) is 0.246. The van der Waals surface area contributed by atoms with E-state index in [1.165, 1.54) is 0 Å². The molecule has 0 saturated carbocycles. The van der Waals surface area contributed by atoms with Gasteiger partial charge in [0.15, 0.2) is 0 Å². The SMILES string of the molecule is O[As]1(O)(O)O[As](O)(O)(O)O1. The molecule has 0 aromatic carbocycles. The van der Waals surface area contributed by atoms with Crippen LogP contribution in [0.15, 0.2) is 0 Å². The van der Waals surface area contributed by atoms with Crippen molar-refractivity contribution in [2.24, 2.45) is 0 Å². The van der Waals surface area contributed by atoms with Crippen molar-refractivity contribution >= 4 is 28.3 Å². The standard InChI is InChI=1S/As2H6O8/c3-1(4,5)9-2(6,7,8)10-1/h3-8H. The third-order valence-electron chi connectivity index (χ3n) is 0.572. The van der Waals surface area contributed by atoms with E-state index in [-0.39, 0.29) is 0 Å². The van der Waals surface area contributed by atoms with E-state index in [2.05, 4.69) is 5.43 Å². The van der Waals surface area contributed by atoms with Crippen LogP contribution >= 0.6 is 0 Å². The van der Waals surface area contributed by atoms with Crippen LogP contribution in [0, 0.1) is 0 Å². The molecule has 0 spiro atoms. The topological polar surface area (TPSA) is 140 Å². The second-order valence-electron chi connectivity index (χ2n) is 1.83. The van der Waals surface area contributed by atoms with Gasteiger partial charge in [-0.2, -0.15) is 0 Å². The van der Waals surface area contributed by atoms with E-state index in [0.717, 1.165) is 0 Å². The van der Waals surface area contributed by atoms with E-state index in [4.69, 9.17) is 24.6 Å². The van der Waals surface area contributed by atoms with Gasteiger partial charge in [-0.15, -0.1) is 0 Å². The van der Waals surface area contributed by atoms with Crippen LogP contribution in [0.1, 0.15) is 0 Å². The molecule has 1 aliphatic rings. The molecule has 0 atom stereocenters. The molecule has 0 bridgehead atoms. The van der Waals surface area contributed by atoms with Crippen LogP contribution in [0.3, 0.4) is 0 Å². The van der Waals surface area contributed by atoms with Gasteiger partial charge in [0.2, 0.25) is 0 Å². The summed E-state index contributed by atoms with van der Waals surface area (Å²) < 4.78 is 56.5. The first-order chi connectivity index (χ1) is 3.95. The zero-order valence-corrected chi connectivity index (χ0v) is 8.15. The summed E-state index contributed by atoms with van der Waals surface area (Å²) in [5, 5.41) is 0. The number of hydrogen-bond donors (Lipinski definition) is 6. The third-order valence-corrected chi connectivity index (χ3v) is 15.4. The van der Waals surface area contributed by atoms with Gasteiger partial charge in [-0.3, -0.25) is 0 Å². The van der Waals surface area contributed by atoms with Crippen molar-refractivity contribution in [1.29, 1.82) is 0 Å². The van der Waals surface area contributed by atoms with E-state index in [1.54, 1.807) is 0 Å². The summed E-state index contributed by atoms with van der Waals surface area (Å²) in [6.45, 7) is 0. The second-order valence-corrected chi connectivity index (χ2v) is 13.1. The number of rotatable bonds is 0. The molecule has 10 heteroatoms. The van der Waals surface area contributed by atoms with Crippen LogP contribution in [0.4, 0.5) is 0 Å². The van der Waals surface area contributed by atoms with Gasteiger partial charge in [-0.1, -0.05) is 0 Å². The van der Waals surface area contributed by atoms with Crippen LogP contribution in [0.2, 0.25) is 0 Å². The molecule has 0 amide bonds. The van der Waals surface area contributed by atoms with Gasteiger partial charge < -0.3 is 0 Å². The average Bonchev–Trinajstić information content (AvgIpc) is 1.08. The molecule has 0 radical (unpaired) electrons. The van der Waals surface area contributed by atoms with Gasteiger partial charge in [0, 0.05) is 0 Å². The van der Waals surface area contributed by atoms with Crippen LogP contribution in [0.25, 0.3) is 0 Å². The van der Waals surface area contributed by atoms with Gasteiger partial charge in [0.1, 0.15) is 0 Å². The van der Waals surface area contributed by atoms with Crippen molar-refractivity contribution < 1.29 is 30.0 Å². The summed E-state index contributed by atoms with van der Waals surface area (Å²) in [5.74, 6) is 0. The normalized spacial score (nSPS) is 46.6. The van der Waals surface area contributed by atoms with Crippen LogP contribution < -0.4 is 0 Å². The van der Waals surface area contributed by atoms with Gasteiger partial charge >= 0.3 is 58.3 Å². The van der Waals surface area contributed by atoms with Crippen LogP contribution in [0.5, 0.6) is 0 Å². The van der Waals surface area contributed by atoms with Crippen LogP contribution in [-0.2, 0) is 5.43 Å². The summed E-state index contributed by atoms with van der Waals surface area (Å²) in [7, 11) is 0. The summed E-state index contributed by atoms with van der Waals surface area (Å²) in [5.41, 5.74) is 0. The summed E-state index contributed by atoms with van der Waals surface area (Å²) in [4.78, 5) is 0. The van der Waals surface area contributed by atoms with Gasteiger partial charge in [-0.05, 0) is 0 Å².